The van der Waals surface area contributed by atoms with Crippen LogP contribution in [0.1, 0.15) is 35.3 Å². The summed E-state index contributed by atoms with van der Waals surface area (Å²) in [5.74, 6) is 0.292. The summed E-state index contributed by atoms with van der Waals surface area (Å²) < 4.78 is 13.5. The van der Waals surface area contributed by atoms with Crippen LogP contribution in [0.5, 0.6) is 0 Å². The standard InChI is InChI=1S/C21H27FN4O/c1-21(2,17-9-6-10-18(22)12-17)14-26-20(24-4)25-13-15-7-5-8-16(11-15)19(27)23-3/h5-12H,13-14H2,1-4H3,(H,23,27)(H2,24,25,26). The van der Waals surface area contributed by atoms with Gasteiger partial charge < -0.3 is 16.0 Å². The van der Waals surface area contributed by atoms with Crippen molar-refractivity contribution in [2.45, 2.75) is 25.8 Å². The van der Waals surface area contributed by atoms with E-state index in [1.54, 1.807) is 32.3 Å². The predicted molar refractivity (Wildman–Crippen MR) is 107 cm³/mol. The Labute approximate surface area is 160 Å². The van der Waals surface area contributed by atoms with E-state index in [0.717, 1.165) is 11.1 Å². The Kier molecular flexibility index (Phi) is 6.93. The molecular formula is C21H27FN4O. The minimum Gasteiger partial charge on any atom is -0.356 e. The highest BCUT2D eigenvalue weighted by molar-refractivity contribution is 5.94. The van der Waals surface area contributed by atoms with Crippen LogP contribution in [0.25, 0.3) is 0 Å². The van der Waals surface area contributed by atoms with E-state index < -0.39 is 0 Å². The number of benzene rings is 2. The highest BCUT2D eigenvalue weighted by Gasteiger charge is 2.21. The van der Waals surface area contributed by atoms with Gasteiger partial charge in [0.15, 0.2) is 5.96 Å². The maximum Gasteiger partial charge on any atom is 0.251 e. The van der Waals surface area contributed by atoms with Crippen molar-refractivity contribution in [3.05, 3.63) is 71.0 Å². The lowest BCUT2D eigenvalue weighted by Crippen LogP contribution is -2.43. The van der Waals surface area contributed by atoms with E-state index in [1.807, 2.05) is 24.3 Å². The van der Waals surface area contributed by atoms with E-state index in [4.69, 9.17) is 0 Å². The number of nitrogens with zero attached hydrogens (tertiary/aromatic N) is 1. The normalized spacial score (nSPS) is 11.8. The summed E-state index contributed by atoms with van der Waals surface area (Å²) in [6.45, 7) is 5.23. The van der Waals surface area contributed by atoms with Crippen LogP contribution in [0.2, 0.25) is 0 Å². The fraction of sp³-hybridized carbons (Fsp3) is 0.333. The molecule has 2 aromatic carbocycles. The molecule has 0 saturated heterocycles. The SMILES string of the molecule is CN=C(NCc1cccc(C(=O)NC)c1)NCC(C)(C)c1cccc(F)c1. The maximum atomic E-state index is 13.5. The lowest BCUT2D eigenvalue weighted by atomic mass is 9.84. The summed E-state index contributed by atoms with van der Waals surface area (Å²) in [6, 6.07) is 14.1. The molecule has 0 aliphatic rings. The summed E-state index contributed by atoms with van der Waals surface area (Å²) in [7, 11) is 3.31. The number of carbonyl (C=O) groups is 1. The molecule has 27 heavy (non-hydrogen) atoms. The predicted octanol–water partition coefficient (Wildman–Crippen LogP) is 2.83. The van der Waals surface area contributed by atoms with Crippen LogP contribution in [0, 0.1) is 5.82 Å². The molecule has 0 spiro atoms. The van der Waals surface area contributed by atoms with Gasteiger partial charge in [-0.15, -0.1) is 0 Å². The quantitative estimate of drug-likeness (QED) is 0.541. The number of guanidine groups is 1. The van der Waals surface area contributed by atoms with E-state index in [2.05, 4.69) is 34.8 Å². The van der Waals surface area contributed by atoms with Gasteiger partial charge in [-0.2, -0.15) is 0 Å². The Morgan fingerprint density at radius 1 is 1.11 bits per heavy atom. The Morgan fingerprint density at radius 3 is 2.52 bits per heavy atom. The molecule has 0 heterocycles. The van der Waals surface area contributed by atoms with Crippen LogP contribution in [0.15, 0.2) is 53.5 Å². The molecule has 0 aliphatic carbocycles. The van der Waals surface area contributed by atoms with Crippen LogP contribution >= 0.6 is 0 Å². The van der Waals surface area contributed by atoms with E-state index in [1.165, 1.54) is 6.07 Å². The molecule has 2 rings (SSSR count). The second-order valence-corrected chi connectivity index (χ2v) is 6.95. The molecule has 6 heteroatoms. The van der Waals surface area contributed by atoms with Gasteiger partial charge in [0.2, 0.25) is 0 Å². The molecule has 0 saturated carbocycles. The number of rotatable bonds is 6. The van der Waals surface area contributed by atoms with Gasteiger partial charge in [-0.25, -0.2) is 4.39 Å². The molecule has 0 fully saturated rings. The van der Waals surface area contributed by atoms with Gasteiger partial charge in [0.05, 0.1) is 0 Å². The lowest BCUT2D eigenvalue weighted by Gasteiger charge is -2.27. The number of carbonyl (C=O) groups excluding carboxylic acids is 1. The number of halogens is 1. The van der Waals surface area contributed by atoms with Gasteiger partial charge in [0.1, 0.15) is 5.82 Å². The third-order valence-electron chi connectivity index (χ3n) is 4.40. The van der Waals surface area contributed by atoms with Crippen LogP contribution in [-0.4, -0.2) is 32.5 Å². The molecule has 144 valence electrons. The molecule has 0 aliphatic heterocycles. The monoisotopic (exact) mass is 370 g/mol. The van der Waals surface area contributed by atoms with Crippen molar-refractivity contribution >= 4 is 11.9 Å². The minimum atomic E-state index is -0.265. The van der Waals surface area contributed by atoms with Gasteiger partial charge in [-0.1, -0.05) is 38.1 Å². The Balaban J connectivity index is 1.95. The van der Waals surface area contributed by atoms with E-state index in [9.17, 15) is 9.18 Å². The second kappa shape index (κ2) is 9.16. The molecule has 0 atom stereocenters. The fourth-order valence-corrected chi connectivity index (χ4v) is 2.69. The molecule has 0 aromatic heterocycles. The van der Waals surface area contributed by atoms with E-state index in [0.29, 0.717) is 24.6 Å². The first-order chi connectivity index (χ1) is 12.9. The van der Waals surface area contributed by atoms with Gasteiger partial charge in [-0.05, 0) is 35.4 Å². The largest absolute Gasteiger partial charge is 0.356 e. The van der Waals surface area contributed by atoms with E-state index in [-0.39, 0.29) is 17.1 Å². The van der Waals surface area contributed by atoms with Gasteiger partial charge in [-0.3, -0.25) is 9.79 Å². The first kappa shape index (κ1) is 20.4. The molecular weight excluding hydrogens is 343 g/mol. The molecule has 0 radical (unpaired) electrons. The number of amides is 1. The van der Waals surface area contributed by atoms with Crippen molar-refractivity contribution in [1.82, 2.24) is 16.0 Å². The van der Waals surface area contributed by atoms with Crippen molar-refractivity contribution in [3.63, 3.8) is 0 Å². The average Bonchev–Trinajstić information content (AvgIpc) is 2.67. The Hall–Kier alpha value is -2.89. The van der Waals surface area contributed by atoms with Gasteiger partial charge >= 0.3 is 0 Å². The summed E-state index contributed by atoms with van der Waals surface area (Å²) >= 11 is 0. The zero-order valence-corrected chi connectivity index (χ0v) is 16.3. The van der Waals surface area contributed by atoms with Crippen LogP contribution in [0.3, 0.4) is 0 Å². The third kappa shape index (κ3) is 5.81. The molecule has 0 bridgehead atoms. The first-order valence-corrected chi connectivity index (χ1v) is 8.87. The molecule has 5 nitrogen and oxygen atoms in total. The van der Waals surface area contributed by atoms with Crippen molar-refractivity contribution in [1.29, 1.82) is 0 Å². The minimum absolute atomic E-state index is 0.115. The zero-order chi connectivity index (χ0) is 19.9. The maximum absolute atomic E-state index is 13.5. The topological polar surface area (TPSA) is 65.5 Å². The molecule has 1 amide bonds. The van der Waals surface area contributed by atoms with Crippen LogP contribution < -0.4 is 16.0 Å². The van der Waals surface area contributed by atoms with Crippen molar-refractivity contribution < 1.29 is 9.18 Å². The fourth-order valence-electron chi connectivity index (χ4n) is 2.69. The summed E-state index contributed by atoms with van der Waals surface area (Å²) in [5.41, 5.74) is 2.25. The molecule has 3 N–H and O–H groups in total. The lowest BCUT2D eigenvalue weighted by molar-refractivity contribution is 0.0963. The van der Waals surface area contributed by atoms with Crippen molar-refractivity contribution in [3.8, 4) is 0 Å². The second-order valence-electron chi connectivity index (χ2n) is 6.95. The Bertz CT molecular complexity index is 817. The number of nitrogens with one attached hydrogen (secondary N) is 3. The first-order valence-electron chi connectivity index (χ1n) is 8.87. The number of hydrogen-bond donors (Lipinski definition) is 3. The zero-order valence-electron chi connectivity index (χ0n) is 16.3. The van der Waals surface area contributed by atoms with Crippen LogP contribution in [-0.2, 0) is 12.0 Å². The highest BCUT2D eigenvalue weighted by atomic mass is 19.1. The van der Waals surface area contributed by atoms with E-state index >= 15 is 0 Å². The highest BCUT2D eigenvalue weighted by Crippen LogP contribution is 2.22. The molecule has 2 aromatic rings. The number of aliphatic imine (C=N–C) groups is 1. The van der Waals surface area contributed by atoms with Crippen molar-refractivity contribution in [2.24, 2.45) is 4.99 Å². The average molecular weight is 370 g/mol. The molecule has 0 unspecified atom stereocenters. The smallest absolute Gasteiger partial charge is 0.251 e. The van der Waals surface area contributed by atoms with Crippen LogP contribution in [0.4, 0.5) is 4.39 Å². The van der Waals surface area contributed by atoms with Gasteiger partial charge in [0, 0.05) is 38.2 Å². The Morgan fingerprint density at radius 2 is 1.85 bits per heavy atom. The summed E-state index contributed by atoms with van der Waals surface area (Å²) in [5, 5.41) is 9.14. The third-order valence-corrected chi connectivity index (χ3v) is 4.40. The number of hydrogen-bond acceptors (Lipinski definition) is 2. The summed E-state index contributed by atoms with van der Waals surface area (Å²) in [4.78, 5) is 16.0. The van der Waals surface area contributed by atoms with Crippen molar-refractivity contribution in [2.75, 3.05) is 20.6 Å². The van der Waals surface area contributed by atoms with Gasteiger partial charge in [0.25, 0.3) is 5.91 Å². The summed E-state index contributed by atoms with van der Waals surface area (Å²) in [6.07, 6.45) is 0.